The Balaban J connectivity index is 2.53. The average Bonchev–Trinajstić information content (AvgIpc) is 2.58. The number of carbonyl (C=O) groups is 1. The highest BCUT2D eigenvalue weighted by Crippen LogP contribution is 2.30. The molecule has 4 N–H and O–H groups in total. The van der Waals surface area contributed by atoms with E-state index in [4.69, 9.17) is 10.8 Å². The van der Waals surface area contributed by atoms with Gasteiger partial charge in [-0.05, 0) is 33.1 Å². The number of nitrogens with one attached hydrogen (secondary N) is 1. The molecular formula is C10H21N3O4S. The summed E-state index contributed by atoms with van der Waals surface area (Å²) < 4.78 is 27.9. The van der Waals surface area contributed by atoms with Crippen LogP contribution >= 0.6 is 0 Å². The Bertz CT molecular complexity index is 407. The highest BCUT2D eigenvalue weighted by Gasteiger charge is 2.39. The van der Waals surface area contributed by atoms with Crippen molar-refractivity contribution in [1.29, 1.82) is 0 Å². The van der Waals surface area contributed by atoms with E-state index in [1.807, 2.05) is 13.8 Å². The lowest BCUT2D eigenvalue weighted by Gasteiger charge is -2.30. The van der Waals surface area contributed by atoms with Crippen molar-refractivity contribution in [2.24, 2.45) is 5.73 Å². The van der Waals surface area contributed by atoms with Crippen LogP contribution in [0.25, 0.3) is 0 Å². The first kappa shape index (κ1) is 15.4. The lowest BCUT2D eigenvalue weighted by atomic mass is 10.0. The van der Waals surface area contributed by atoms with Crippen LogP contribution in [-0.2, 0) is 15.0 Å². The van der Waals surface area contributed by atoms with Crippen molar-refractivity contribution < 1.29 is 18.3 Å². The van der Waals surface area contributed by atoms with Crippen LogP contribution in [-0.4, -0.2) is 48.5 Å². The van der Waals surface area contributed by atoms with Crippen LogP contribution in [0.2, 0.25) is 0 Å². The molecule has 0 bridgehead atoms. The maximum Gasteiger partial charge on any atom is 0.320 e. The fraction of sp³-hybridized carbons (Fsp3) is 0.900. The molecule has 0 saturated carbocycles. The van der Waals surface area contributed by atoms with Crippen LogP contribution in [0.1, 0.15) is 33.1 Å². The van der Waals surface area contributed by atoms with E-state index < -0.39 is 22.2 Å². The molecule has 7 nitrogen and oxygen atoms in total. The number of rotatable bonds is 6. The first-order chi connectivity index (χ1) is 8.17. The Morgan fingerprint density at radius 2 is 2.17 bits per heavy atom. The minimum absolute atomic E-state index is 0.0301. The van der Waals surface area contributed by atoms with E-state index in [0.717, 1.165) is 12.8 Å². The van der Waals surface area contributed by atoms with Gasteiger partial charge in [-0.2, -0.15) is 12.7 Å². The molecule has 1 rings (SSSR count). The molecule has 0 aromatic rings. The first-order valence-corrected chi connectivity index (χ1v) is 7.37. The zero-order chi connectivity index (χ0) is 14.0. The Hall–Kier alpha value is -0.700. The third-order valence-corrected chi connectivity index (χ3v) is 5.00. The summed E-state index contributed by atoms with van der Waals surface area (Å²) in [7, 11) is -3.55. The summed E-state index contributed by atoms with van der Waals surface area (Å²) in [5.41, 5.74) is 4.92. The lowest BCUT2D eigenvalue weighted by Crippen LogP contribution is -2.49. The van der Waals surface area contributed by atoms with Gasteiger partial charge in [0, 0.05) is 18.6 Å². The van der Waals surface area contributed by atoms with E-state index in [-0.39, 0.29) is 18.5 Å². The van der Waals surface area contributed by atoms with Gasteiger partial charge in [-0.15, -0.1) is 0 Å². The molecule has 0 aromatic carbocycles. The van der Waals surface area contributed by atoms with E-state index in [1.165, 1.54) is 4.31 Å². The van der Waals surface area contributed by atoms with Gasteiger partial charge >= 0.3 is 5.97 Å². The molecule has 1 heterocycles. The normalized spacial score (nSPS) is 21.9. The zero-order valence-electron chi connectivity index (χ0n) is 10.7. The quantitative estimate of drug-likeness (QED) is 0.606. The molecule has 106 valence electrons. The standard InChI is InChI=1S/C10H21N3O4S/c1-10(2)5-3-7-13(10)18(16,17)12-6-4-8(11)9(14)15/h8,12H,3-7,11H2,1-2H3,(H,14,15)/t8-/m0/s1. The van der Waals surface area contributed by atoms with Gasteiger partial charge in [0.25, 0.3) is 10.2 Å². The van der Waals surface area contributed by atoms with Gasteiger partial charge in [0.1, 0.15) is 6.04 Å². The van der Waals surface area contributed by atoms with Crippen LogP contribution in [0.3, 0.4) is 0 Å². The Kier molecular flexibility index (Phi) is 4.71. The molecule has 1 atom stereocenters. The van der Waals surface area contributed by atoms with E-state index in [1.54, 1.807) is 0 Å². The minimum Gasteiger partial charge on any atom is -0.480 e. The van der Waals surface area contributed by atoms with Crippen molar-refractivity contribution in [3.05, 3.63) is 0 Å². The Morgan fingerprint density at radius 3 is 2.61 bits per heavy atom. The molecule has 0 aromatic heterocycles. The molecule has 0 amide bonds. The summed E-state index contributed by atoms with van der Waals surface area (Å²) in [5, 5.41) is 8.59. The van der Waals surface area contributed by atoms with E-state index in [9.17, 15) is 13.2 Å². The van der Waals surface area contributed by atoms with Crippen molar-refractivity contribution in [3.63, 3.8) is 0 Å². The largest absolute Gasteiger partial charge is 0.480 e. The Morgan fingerprint density at radius 1 is 1.56 bits per heavy atom. The third-order valence-electron chi connectivity index (χ3n) is 3.17. The summed E-state index contributed by atoms with van der Waals surface area (Å²) in [6, 6.07) is -1.04. The van der Waals surface area contributed by atoms with Crippen LogP contribution in [0, 0.1) is 0 Å². The highest BCUT2D eigenvalue weighted by molar-refractivity contribution is 7.87. The molecule has 1 aliphatic heterocycles. The fourth-order valence-corrected chi connectivity index (χ4v) is 3.72. The number of hydrogen-bond donors (Lipinski definition) is 3. The molecule has 1 saturated heterocycles. The van der Waals surface area contributed by atoms with E-state index in [0.29, 0.717) is 6.54 Å². The summed E-state index contributed by atoms with van der Waals surface area (Å²) in [6.07, 6.45) is 1.73. The summed E-state index contributed by atoms with van der Waals surface area (Å²) in [4.78, 5) is 10.5. The average molecular weight is 279 g/mol. The maximum atomic E-state index is 12.0. The maximum absolute atomic E-state index is 12.0. The SMILES string of the molecule is CC1(C)CCCN1S(=O)(=O)NCC[C@H](N)C(=O)O. The number of nitrogens with two attached hydrogens (primary N) is 1. The molecular weight excluding hydrogens is 258 g/mol. The van der Waals surface area contributed by atoms with Crippen LogP contribution in [0.4, 0.5) is 0 Å². The smallest absolute Gasteiger partial charge is 0.320 e. The predicted octanol–water partition coefficient (Wildman–Crippen LogP) is -0.503. The van der Waals surface area contributed by atoms with Gasteiger partial charge in [0.2, 0.25) is 0 Å². The molecule has 1 fully saturated rings. The molecule has 0 radical (unpaired) electrons. The van der Waals surface area contributed by atoms with Gasteiger partial charge in [-0.3, -0.25) is 4.79 Å². The molecule has 18 heavy (non-hydrogen) atoms. The second kappa shape index (κ2) is 5.52. The Labute approximate surface area is 108 Å². The summed E-state index contributed by atoms with van der Waals surface area (Å²) >= 11 is 0. The lowest BCUT2D eigenvalue weighted by molar-refractivity contribution is -0.138. The highest BCUT2D eigenvalue weighted by atomic mass is 32.2. The topological polar surface area (TPSA) is 113 Å². The molecule has 0 spiro atoms. The predicted molar refractivity (Wildman–Crippen MR) is 67.2 cm³/mol. The number of nitrogens with zero attached hydrogens (tertiary/aromatic N) is 1. The number of hydrogen-bond acceptors (Lipinski definition) is 4. The van der Waals surface area contributed by atoms with Crippen molar-refractivity contribution in [2.75, 3.05) is 13.1 Å². The monoisotopic (exact) mass is 279 g/mol. The van der Waals surface area contributed by atoms with Crippen LogP contribution < -0.4 is 10.5 Å². The summed E-state index contributed by atoms with van der Waals surface area (Å²) in [6.45, 7) is 4.28. The first-order valence-electron chi connectivity index (χ1n) is 5.92. The molecule has 0 aliphatic carbocycles. The fourth-order valence-electron chi connectivity index (χ4n) is 2.07. The zero-order valence-corrected chi connectivity index (χ0v) is 11.5. The molecule has 1 aliphatic rings. The van der Waals surface area contributed by atoms with Gasteiger partial charge in [-0.1, -0.05) is 0 Å². The second-order valence-corrected chi connectivity index (χ2v) is 6.80. The van der Waals surface area contributed by atoms with E-state index in [2.05, 4.69) is 4.72 Å². The minimum atomic E-state index is -3.55. The van der Waals surface area contributed by atoms with E-state index >= 15 is 0 Å². The number of carboxylic acid groups (broad SMARTS) is 1. The molecule has 8 heteroatoms. The van der Waals surface area contributed by atoms with Crippen LogP contribution in [0.15, 0.2) is 0 Å². The van der Waals surface area contributed by atoms with Crippen molar-refractivity contribution in [3.8, 4) is 0 Å². The van der Waals surface area contributed by atoms with Gasteiger partial charge in [-0.25, -0.2) is 4.72 Å². The third kappa shape index (κ3) is 3.64. The van der Waals surface area contributed by atoms with Crippen molar-refractivity contribution in [1.82, 2.24) is 9.03 Å². The summed E-state index contributed by atoms with van der Waals surface area (Å²) in [5.74, 6) is -1.13. The number of carboxylic acids is 1. The van der Waals surface area contributed by atoms with Crippen molar-refractivity contribution >= 4 is 16.2 Å². The second-order valence-electron chi connectivity index (χ2n) is 5.12. The van der Waals surface area contributed by atoms with Gasteiger partial charge in [0.15, 0.2) is 0 Å². The number of aliphatic carboxylic acids is 1. The van der Waals surface area contributed by atoms with Gasteiger partial charge < -0.3 is 10.8 Å². The van der Waals surface area contributed by atoms with Gasteiger partial charge in [0.05, 0.1) is 0 Å². The van der Waals surface area contributed by atoms with Crippen LogP contribution in [0.5, 0.6) is 0 Å². The molecule has 0 unspecified atom stereocenters. The van der Waals surface area contributed by atoms with Crippen molar-refractivity contribution in [2.45, 2.75) is 44.7 Å².